The number of nitrogens with zero attached hydrogens (tertiary/aromatic N) is 1. The van der Waals surface area contributed by atoms with Crippen LogP contribution in [0.5, 0.6) is 5.75 Å². The Morgan fingerprint density at radius 1 is 1.29 bits per heavy atom. The molecule has 1 aromatic rings. The van der Waals surface area contributed by atoms with Gasteiger partial charge in [-0.2, -0.15) is 8.78 Å². The number of rotatable bonds is 5. The van der Waals surface area contributed by atoms with Crippen molar-refractivity contribution in [2.45, 2.75) is 26.4 Å². The van der Waals surface area contributed by atoms with Gasteiger partial charge in [0, 0.05) is 16.8 Å². The van der Waals surface area contributed by atoms with Gasteiger partial charge in [-0.15, -0.1) is 0 Å². The third-order valence-corrected chi connectivity index (χ3v) is 3.59. The Bertz CT molecular complexity index is 722. The molecule has 0 saturated carbocycles. The second-order valence-electron chi connectivity index (χ2n) is 5.07. The van der Waals surface area contributed by atoms with Crippen LogP contribution in [0.15, 0.2) is 46.9 Å². The summed E-state index contributed by atoms with van der Waals surface area (Å²) < 4.78 is 29.6. The molecule has 1 aliphatic rings. The Morgan fingerprint density at radius 3 is 2.46 bits per heavy atom. The Kier molecular flexibility index (Phi) is 4.82. The van der Waals surface area contributed by atoms with E-state index in [0.717, 1.165) is 0 Å². The van der Waals surface area contributed by atoms with Crippen LogP contribution in [-0.4, -0.2) is 17.5 Å². The van der Waals surface area contributed by atoms with Crippen LogP contribution in [0, 0.1) is 10.1 Å². The minimum Gasteiger partial charge on any atom is -0.545 e. The summed E-state index contributed by atoms with van der Waals surface area (Å²) in [6.07, 6.45) is 0. The molecule has 0 spiro atoms. The zero-order valence-electron chi connectivity index (χ0n) is 12.7. The molecule has 9 heteroatoms. The van der Waals surface area contributed by atoms with Crippen LogP contribution in [0.2, 0.25) is 0 Å². The molecule has 1 atom stereocenters. The van der Waals surface area contributed by atoms with Crippen LogP contribution in [0.25, 0.3) is 0 Å². The Morgan fingerprint density at radius 2 is 1.92 bits per heavy atom. The number of carbonyl (C=O) groups is 1. The molecule has 0 fully saturated rings. The fourth-order valence-corrected chi connectivity index (χ4v) is 2.72. The summed E-state index contributed by atoms with van der Waals surface area (Å²) in [7, 11) is 0. The molecule has 0 saturated heterocycles. The summed E-state index contributed by atoms with van der Waals surface area (Å²) in [6.45, 7) is -0.347. The largest absolute Gasteiger partial charge is 0.545 e. The van der Waals surface area contributed by atoms with E-state index in [-0.39, 0.29) is 22.7 Å². The van der Waals surface area contributed by atoms with Gasteiger partial charge in [0.15, 0.2) is 0 Å². The predicted molar refractivity (Wildman–Crippen MR) is 76.4 cm³/mol. The van der Waals surface area contributed by atoms with E-state index in [1.54, 1.807) is 0 Å². The summed E-state index contributed by atoms with van der Waals surface area (Å²) in [5.41, 5.74) is -0.680. The number of nitrogens with one attached hydrogen (secondary N) is 1. The van der Waals surface area contributed by atoms with Gasteiger partial charge >= 0.3 is 6.61 Å². The quantitative estimate of drug-likeness (QED) is 0.644. The first-order valence-electron chi connectivity index (χ1n) is 6.82. The van der Waals surface area contributed by atoms with E-state index in [2.05, 4.69) is 10.1 Å². The number of hydrogen-bond donors (Lipinski definition) is 1. The molecule has 128 valence electrons. The minimum absolute atomic E-state index is 0.0519. The van der Waals surface area contributed by atoms with Crippen LogP contribution in [-0.2, 0) is 4.79 Å². The first kappa shape index (κ1) is 17.4. The van der Waals surface area contributed by atoms with Crippen molar-refractivity contribution in [2.75, 3.05) is 0 Å². The van der Waals surface area contributed by atoms with Gasteiger partial charge in [-0.1, -0.05) is 18.2 Å². The maximum atomic E-state index is 12.6. The molecule has 1 heterocycles. The molecule has 1 N–H and O–H groups in total. The van der Waals surface area contributed by atoms with Crippen molar-refractivity contribution in [1.29, 1.82) is 0 Å². The number of carbonyl (C=O) groups excluding carboxylic acids is 1. The zero-order chi connectivity index (χ0) is 18.0. The lowest BCUT2D eigenvalue weighted by Gasteiger charge is -2.29. The number of ether oxygens (including phenoxy) is 1. The number of aliphatic carboxylic acids is 1. The van der Waals surface area contributed by atoms with E-state index in [1.807, 2.05) is 0 Å². The molecular formula is C15H13F2N2O5-. The van der Waals surface area contributed by atoms with Gasteiger partial charge in [0.2, 0.25) is 0 Å². The van der Waals surface area contributed by atoms with Crippen LogP contribution >= 0.6 is 0 Å². The standard InChI is InChI=1S/C15H14F2N2O5/c1-7-11(14(20)21)12(13(19(22)23)8(2)18-7)9-5-3-4-6-10(9)24-15(16)17/h3-6,12,15,18H,1-2H3,(H,20,21)/p-1. The molecule has 0 bridgehead atoms. The van der Waals surface area contributed by atoms with Gasteiger partial charge in [0.1, 0.15) is 11.7 Å². The highest BCUT2D eigenvalue weighted by atomic mass is 19.3. The number of halogens is 2. The monoisotopic (exact) mass is 339 g/mol. The molecule has 0 radical (unpaired) electrons. The number of alkyl halides is 2. The fraction of sp³-hybridized carbons (Fsp3) is 0.267. The number of allylic oxidation sites excluding steroid dienone is 3. The van der Waals surface area contributed by atoms with Crippen LogP contribution in [0.4, 0.5) is 8.78 Å². The van der Waals surface area contributed by atoms with E-state index in [9.17, 15) is 28.8 Å². The molecule has 0 aromatic heterocycles. The lowest BCUT2D eigenvalue weighted by atomic mass is 9.83. The van der Waals surface area contributed by atoms with Crippen LogP contribution in [0.1, 0.15) is 25.3 Å². The SMILES string of the molecule is CC1=C(C(=O)[O-])C(c2ccccc2OC(F)F)C([N+](=O)[O-])=C(C)N1. The van der Waals surface area contributed by atoms with Crippen molar-refractivity contribution in [3.63, 3.8) is 0 Å². The third kappa shape index (κ3) is 3.19. The van der Waals surface area contributed by atoms with Crippen molar-refractivity contribution < 1.29 is 28.3 Å². The highest BCUT2D eigenvalue weighted by Gasteiger charge is 2.39. The van der Waals surface area contributed by atoms with Crippen molar-refractivity contribution in [2.24, 2.45) is 0 Å². The predicted octanol–water partition coefficient (Wildman–Crippen LogP) is 1.51. The minimum atomic E-state index is -3.16. The van der Waals surface area contributed by atoms with Gasteiger partial charge < -0.3 is 20.0 Å². The molecule has 7 nitrogen and oxygen atoms in total. The number of carboxylic acid groups (broad SMARTS) is 1. The number of hydrogen-bond acceptors (Lipinski definition) is 6. The molecule has 1 unspecified atom stereocenters. The second-order valence-corrected chi connectivity index (χ2v) is 5.07. The molecule has 2 rings (SSSR count). The Labute approximate surface area is 135 Å². The number of para-hydroxylation sites is 1. The average molecular weight is 339 g/mol. The van der Waals surface area contributed by atoms with Gasteiger partial charge in [-0.05, 0) is 19.9 Å². The lowest BCUT2D eigenvalue weighted by molar-refractivity contribution is -0.431. The van der Waals surface area contributed by atoms with E-state index >= 15 is 0 Å². The summed E-state index contributed by atoms with van der Waals surface area (Å²) in [6, 6.07) is 5.35. The van der Waals surface area contributed by atoms with Gasteiger partial charge in [-0.25, -0.2) is 0 Å². The maximum absolute atomic E-state index is 12.6. The molecular weight excluding hydrogens is 326 g/mol. The van der Waals surface area contributed by atoms with E-state index < -0.39 is 34.7 Å². The van der Waals surface area contributed by atoms with Gasteiger partial charge in [-0.3, -0.25) is 10.1 Å². The van der Waals surface area contributed by atoms with E-state index in [0.29, 0.717) is 0 Å². The third-order valence-electron chi connectivity index (χ3n) is 3.59. The summed E-state index contributed by atoms with van der Waals surface area (Å²) in [4.78, 5) is 22.2. The van der Waals surface area contributed by atoms with Crippen LogP contribution < -0.4 is 15.2 Å². The van der Waals surface area contributed by atoms with Crippen molar-refractivity contribution in [3.05, 3.63) is 62.6 Å². The van der Waals surface area contributed by atoms with Gasteiger partial charge in [0.05, 0.1) is 16.6 Å². The number of dihydropyridines is 1. The molecule has 0 amide bonds. The highest BCUT2D eigenvalue weighted by Crippen LogP contribution is 2.41. The van der Waals surface area contributed by atoms with Crippen LogP contribution in [0.3, 0.4) is 0 Å². The second kappa shape index (κ2) is 6.65. The highest BCUT2D eigenvalue weighted by molar-refractivity contribution is 5.89. The molecule has 0 aliphatic carbocycles. The first-order valence-corrected chi connectivity index (χ1v) is 6.82. The molecule has 1 aliphatic heterocycles. The smallest absolute Gasteiger partial charge is 0.387 e. The maximum Gasteiger partial charge on any atom is 0.387 e. The Balaban J connectivity index is 2.72. The van der Waals surface area contributed by atoms with E-state index in [4.69, 9.17) is 0 Å². The summed E-state index contributed by atoms with van der Waals surface area (Å²) in [5, 5.41) is 25.6. The number of benzene rings is 1. The number of nitro groups is 1. The topological polar surface area (TPSA) is 105 Å². The lowest BCUT2D eigenvalue weighted by Crippen LogP contribution is -2.36. The average Bonchev–Trinajstić information content (AvgIpc) is 2.45. The molecule has 1 aromatic carbocycles. The summed E-state index contributed by atoms with van der Waals surface area (Å²) >= 11 is 0. The fourth-order valence-electron chi connectivity index (χ4n) is 2.72. The first-order chi connectivity index (χ1) is 11.2. The zero-order valence-corrected chi connectivity index (χ0v) is 12.7. The number of carboxylic acids is 1. The van der Waals surface area contributed by atoms with Crippen molar-refractivity contribution >= 4 is 5.97 Å². The normalized spacial score (nSPS) is 17.8. The summed E-state index contributed by atoms with van der Waals surface area (Å²) in [5.74, 6) is -3.37. The molecule has 24 heavy (non-hydrogen) atoms. The van der Waals surface area contributed by atoms with Crippen molar-refractivity contribution in [3.8, 4) is 5.75 Å². The van der Waals surface area contributed by atoms with Gasteiger partial charge in [0.25, 0.3) is 5.70 Å². The van der Waals surface area contributed by atoms with Crippen molar-refractivity contribution in [1.82, 2.24) is 5.32 Å². The Hall–Kier alpha value is -2.97. The van der Waals surface area contributed by atoms with E-state index in [1.165, 1.54) is 38.1 Å².